The van der Waals surface area contributed by atoms with Gasteiger partial charge in [0.1, 0.15) is 23.7 Å². The molecule has 5 nitrogen and oxygen atoms in total. The quantitative estimate of drug-likeness (QED) is 0.331. The number of fused-ring (bicyclic) bond motifs is 1. The molecule has 4 aromatic rings. The number of carbonyl (C=O) groups excluding carboxylic acids is 1. The van der Waals surface area contributed by atoms with Gasteiger partial charge in [0.05, 0.1) is 19.6 Å². The molecule has 0 spiro atoms. The van der Waals surface area contributed by atoms with E-state index < -0.39 is 0 Å². The van der Waals surface area contributed by atoms with E-state index in [1.807, 2.05) is 30.3 Å². The zero-order chi connectivity index (χ0) is 23.2. The number of nitrogens with two attached hydrogens (primary N) is 1. The van der Waals surface area contributed by atoms with Crippen LogP contribution in [0.2, 0.25) is 0 Å². The van der Waals surface area contributed by atoms with Crippen molar-refractivity contribution in [2.24, 2.45) is 5.73 Å². The van der Waals surface area contributed by atoms with E-state index in [0.29, 0.717) is 25.5 Å². The van der Waals surface area contributed by atoms with Crippen molar-refractivity contribution in [2.75, 3.05) is 6.61 Å². The lowest BCUT2D eigenvalue weighted by Crippen LogP contribution is -2.09. The van der Waals surface area contributed by atoms with E-state index in [9.17, 15) is 4.79 Å². The summed E-state index contributed by atoms with van der Waals surface area (Å²) in [6, 6.07) is 22.2. The monoisotopic (exact) mass is 443 g/mol. The van der Waals surface area contributed by atoms with E-state index in [-0.39, 0.29) is 12.4 Å². The van der Waals surface area contributed by atoms with Crippen LogP contribution in [0.5, 0.6) is 5.75 Å². The van der Waals surface area contributed by atoms with Gasteiger partial charge in [0.15, 0.2) is 0 Å². The topological polar surface area (TPSA) is 74.7 Å². The van der Waals surface area contributed by atoms with Gasteiger partial charge in [0.25, 0.3) is 0 Å². The van der Waals surface area contributed by atoms with Gasteiger partial charge in [0, 0.05) is 16.5 Å². The van der Waals surface area contributed by atoms with E-state index in [4.69, 9.17) is 19.6 Å². The van der Waals surface area contributed by atoms with Gasteiger partial charge in [-0.1, -0.05) is 49.4 Å². The van der Waals surface area contributed by atoms with E-state index in [0.717, 1.165) is 45.4 Å². The van der Waals surface area contributed by atoms with E-state index in [2.05, 4.69) is 43.3 Å². The van der Waals surface area contributed by atoms with Gasteiger partial charge in [-0.15, -0.1) is 0 Å². The van der Waals surface area contributed by atoms with Gasteiger partial charge < -0.3 is 19.6 Å². The molecule has 4 rings (SSSR count). The Hall–Kier alpha value is -3.57. The van der Waals surface area contributed by atoms with Crippen LogP contribution in [0.3, 0.4) is 0 Å². The largest absolute Gasteiger partial charge is 0.489 e. The molecule has 3 aromatic carbocycles. The molecule has 5 heteroatoms. The van der Waals surface area contributed by atoms with E-state index >= 15 is 0 Å². The fourth-order valence-corrected chi connectivity index (χ4v) is 3.94. The number of rotatable bonds is 9. The molecule has 0 aliphatic carbocycles. The van der Waals surface area contributed by atoms with Crippen molar-refractivity contribution in [2.45, 2.75) is 39.8 Å². The number of para-hydroxylation sites is 1. The highest BCUT2D eigenvalue weighted by molar-refractivity contribution is 5.93. The first-order valence-corrected chi connectivity index (χ1v) is 11.3. The predicted octanol–water partition coefficient (Wildman–Crippen LogP) is 5.81. The van der Waals surface area contributed by atoms with Crippen molar-refractivity contribution in [3.05, 3.63) is 89.2 Å². The van der Waals surface area contributed by atoms with Crippen LogP contribution < -0.4 is 10.5 Å². The number of hydrogen-bond acceptors (Lipinski definition) is 5. The first kappa shape index (κ1) is 22.6. The Morgan fingerprint density at radius 3 is 2.61 bits per heavy atom. The summed E-state index contributed by atoms with van der Waals surface area (Å²) in [6.45, 7) is 5.01. The van der Waals surface area contributed by atoms with E-state index in [1.165, 1.54) is 5.56 Å². The van der Waals surface area contributed by atoms with Crippen LogP contribution in [0.25, 0.3) is 22.1 Å². The number of furan rings is 1. The molecule has 0 radical (unpaired) electrons. The van der Waals surface area contributed by atoms with Gasteiger partial charge in [-0.3, -0.25) is 4.79 Å². The summed E-state index contributed by atoms with van der Waals surface area (Å²) >= 11 is 0. The third kappa shape index (κ3) is 5.26. The summed E-state index contributed by atoms with van der Waals surface area (Å²) in [4.78, 5) is 12.0. The molecule has 1 aromatic heterocycles. The lowest BCUT2D eigenvalue weighted by atomic mass is 9.98. The maximum atomic E-state index is 12.0. The van der Waals surface area contributed by atoms with Crippen molar-refractivity contribution >= 4 is 16.9 Å². The lowest BCUT2D eigenvalue weighted by molar-refractivity contribution is -0.142. The maximum Gasteiger partial charge on any atom is 0.310 e. The molecule has 0 amide bonds. The lowest BCUT2D eigenvalue weighted by Gasteiger charge is -2.13. The molecule has 0 unspecified atom stereocenters. The molecule has 0 saturated carbocycles. The summed E-state index contributed by atoms with van der Waals surface area (Å²) in [5, 5.41) is 0.994. The number of benzene rings is 3. The molecule has 0 atom stereocenters. The molecule has 0 fully saturated rings. The van der Waals surface area contributed by atoms with Crippen molar-refractivity contribution in [1.82, 2.24) is 0 Å². The highest BCUT2D eigenvalue weighted by atomic mass is 16.5. The summed E-state index contributed by atoms with van der Waals surface area (Å²) in [7, 11) is 0. The zero-order valence-electron chi connectivity index (χ0n) is 19.1. The molecule has 0 bridgehead atoms. The minimum absolute atomic E-state index is 0.180. The molecule has 0 aliphatic rings. The van der Waals surface area contributed by atoms with Crippen molar-refractivity contribution in [3.8, 4) is 16.9 Å². The Morgan fingerprint density at radius 1 is 0.970 bits per heavy atom. The van der Waals surface area contributed by atoms with Crippen LogP contribution in [0.15, 0.2) is 71.1 Å². The molecule has 170 valence electrons. The Morgan fingerprint density at radius 2 is 1.82 bits per heavy atom. The Balaban J connectivity index is 1.66. The van der Waals surface area contributed by atoms with Crippen molar-refractivity contribution in [1.29, 1.82) is 0 Å². The summed E-state index contributed by atoms with van der Waals surface area (Å²) < 4.78 is 17.3. The zero-order valence-corrected chi connectivity index (χ0v) is 19.1. The molecular weight excluding hydrogens is 414 g/mol. The molecule has 1 heterocycles. The third-order valence-corrected chi connectivity index (χ3v) is 5.58. The van der Waals surface area contributed by atoms with Crippen LogP contribution in [0.4, 0.5) is 0 Å². The fourth-order valence-electron chi connectivity index (χ4n) is 3.94. The Labute approximate surface area is 194 Å². The normalized spacial score (nSPS) is 11.0. The summed E-state index contributed by atoms with van der Waals surface area (Å²) in [5.41, 5.74) is 11.9. The predicted molar refractivity (Wildman–Crippen MR) is 130 cm³/mol. The number of carbonyl (C=O) groups is 1. The number of esters is 1. The molecule has 2 N–H and O–H groups in total. The molecular formula is C28H29NO4. The van der Waals surface area contributed by atoms with Crippen molar-refractivity contribution < 1.29 is 18.7 Å². The first-order chi connectivity index (χ1) is 16.1. The average Bonchev–Trinajstić information content (AvgIpc) is 3.26. The van der Waals surface area contributed by atoms with Crippen LogP contribution in [-0.4, -0.2) is 12.6 Å². The standard InChI is InChI=1S/C28H29NO4/c1-3-19-8-7-10-21(12-19)25-14-20(13-23-15-24(17-29)33-28(23)25)18-32-26-11-6-5-9-22(26)16-27(30)31-4-2/h5-15H,3-4,16-18,29H2,1-2H3. The summed E-state index contributed by atoms with van der Waals surface area (Å²) in [5.74, 6) is 1.16. The average molecular weight is 444 g/mol. The first-order valence-electron chi connectivity index (χ1n) is 11.3. The minimum Gasteiger partial charge on any atom is -0.489 e. The molecule has 0 saturated heterocycles. The molecule has 0 aliphatic heterocycles. The van der Waals surface area contributed by atoms with Crippen molar-refractivity contribution in [3.63, 3.8) is 0 Å². The van der Waals surface area contributed by atoms with E-state index in [1.54, 1.807) is 6.92 Å². The van der Waals surface area contributed by atoms with Gasteiger partial charge >= 0.3 is 5.97 Å². The Bertz CT molecular complexity index is 1260. The van der Waals surface area contributed by atoms with Gasteiger partial charge in [-0.2, -0.15) is 0 Å². The Kier molecular flexibility index (Phi) is 7.10. The minimum atomic E-state index is -0.263. The summed E-state index contributed by atoms with van der Waals surface area (Å²) in [6.07, 6.45) is 1.14. The second-order valence-corrected chi connectivity index (χ2v) is 7.91. The van der Waals surface area contributed by atoms with Crippen LogP contribution in [-0.2, 0) is 35.5 Å². The maximum absolute atomic E-state index is 12.0. The number of ether oxygens (including phenoxy) is 2. The van der Waals surface area contributed by atoms with Gasteiger partial charge in [-0.05, 0) is 54.3 Å². The number of hydrogen-bond donors (Lipinski definition) is 1. The highest BCUT2D eigenvalue weighted by Crippen LogP contribution is 2.33. The fraction of sp³-hybridized carbons (Fsp3) is 0.250. The second-order valence-electron chi connectivity index (χ2n) is 7.91. The van der Waals surface area contributed by atoms with Gasteiger partial charge in [-0.25, -0.2) is 0 Å². The van der Waals surface area contributed by atoms with Crippen LogP contribution in [0, 0.1) is 0 Å². The molecule has 33 heavy (non-hydrogen) atoms. The second kappa shape index (κ2) is 10.4. The third-order valence-electron chi connectivity index (χ3n) is 5.58. The smallest absolute Gasteiger partial charge is 0.310 e. The van der Waals surface area contributed by atoms with Crippen LogP contribution >= 0.6 is 0 Å². The van der Waals surface area contributed by atoms with Gasteiger partial charge in [0.2, 0.25) is 0 Å². The SMILES string of the molecule is CCOC(=O)Cc1ccccc1OCc1cc(-c2cccc(CC)c2)c2oc(CN)cc2c1. The number of aryl methyl sites for hydroxylation is 1. The van der Waals surface area contributed by atoms with Crippen LogP contribution in [0.1, 0.15) is 36.3 Å². The highest BCUT2D eigenvalue weighted by Gasteiger charge is 2.14.